The quantitative estimate of drug-likeness (QED) is 0.807. The van der Waals surface area contributed by atoms with Crippen LogP contribution in [0, 0.1) is 0 Å². The number of carbonyl (C=O) groups is 1. The zero-order chi connectivity index (χ0) is 13.2. The van der Waals surface area contributed by atoms with Gasteiger partial charge in [-0.05, 0) is 30.9 Å². The molecule has 0 spiro atoms. The lowest BCUT2D eigenvalue weighted by Crippen LogP contribution is -2.29. The minimum atomic E-state index is -3.19. The van der Waals surface area contributed by atoms with Gasteiger partial charge in [-0.25, -0.2) is 17.9 Å². The van der Waals surface area contributed by atoms with Gasteiger partial charge in [0.25, 0.3) is 0 Å². The predicted molar refractivity (Wildman–Crippen MR) is 67.0 cm³/mol. The van der Waals surface area contributed by atoms with E-state index >= 15 is 0 Å². The summed E-state index contributed by atoms with van der Waals surface area (Å²) in [6.45, 7) is 0.239. The van der Waals surface area contributed by atoms with Gasteiger partial charge in [0.05, 0.1) is 10.8 Å². The molecule has 1 aromatic rings. The van der Waals surface area contributed by atoms with Crippen LogP contribution in [0.3, 0.4) is 0 Å². The second kappa shape index (κ2) is 5.07. The second-order valence-electron chi connectivity index (χ2n) is 4.35. The summed E-state index contributed by atoms with van der Waals surface area (Å²) in [5, 5.41) is 8.74. The Bertz CT molecular complexity index is 549. The zero-order valence-corrected chi connectivity index (χ0v) is 10.6. The smallest absolute Gasteiger partial charge is 0.335 e. The molecular weight excluding hydrogens is 254 g/mol. The molecule has 0 bridgehead atoms. The summed E-state index contributed by atoms with van der Waals surface area (Å²) in [4.78, 5) is 11.0. The Hall–Kier alpha value is -1.40. The molecule has 0 radical (unpaired) electrons. The molecule has 1 saturated carbocycles. The maximum Gasteiger partial charge on any atom is 0.335 e. The SMILES string of the molecule is O=C(O)c1ccccc1CCNS(=O)(=O)C1CC1. The molecule has 1 fully saturated rings. The molecule has 0 saturated heterocycles. The molecule has 5 nitrogen and oxygen atoms in total. The first-order chi connectivity index (χ1) is 8.50. The van der Waals surface area contributed by atoms with Crippen molar-refractivity contribution in [2.75, 3.05) is 6.54 Å². The van der Waals surface area contributed by atoms with Crippen LogP contribution in [0.1, 0.15) is 28.8 Å². The van der Waals surface area contributed by atoms with Crippen molar-refractivity contribution in [3.8, 4) is 0 Å². The van der Waals surface area contributed by atoms with Crippen LogP contribution < -0.4 is 4.72 Å². The number of benzene rings is 1. The van der Waals surface area contributed by atoms with Crippen LogP contribution in [-0.4, -0.2) is 31.3 Å². The molecule has 0 aliphatic heterocycles. The number of carboxylic acid groups (broad SMARTS) is 1. The number of rotatable bonds is 6. The van der Waals surface area contributed by atoms with Gasteiger partial charge < -0.3 is 5.11 Å². The van der Waals surface area contributed by atoms with E-state index in [1.807, 2.05) is 0 Å². The van der Waals surface area contributed by atoms with Crippen molar-refractivity contribution in [3.05, 3.63) is 35.4 Å². The van der Waals surface area contributed by atoms with Crippen LogP contribution in [0.25, 0.3) is 0 Å². The van der Waals surface area contributed by atoms with Gasteiger partial charge in [-0.3, -0.25) is 0 Å². The lowest BCUT2D eigenvalue weighted by atomic mass is 10.1. The molecule has 1 aromatic carbocycles. The van der Waals surface area contributed by atoms with Crippen LogP contribution >= 0.6 is 0 Å². The van der Waals surface area contributed by atoms with Crippen LogP contribution in [0.2, 0.25) is 0 Å². The molecule has 6 heteroatoms. The standard InChI is InChI=1S/C12H15NO4S/c14-12(15)11-4-2-1-3-9(11)7-8-13-18(16,17)10-5-6-10/h1-4,10,13H,5-8H2,(H,14,15). The van der Waals surface area contributed by atoms with E-state index in [0.29, 0.717) is 12.0 Å². The number of hydrogen-bond acceptors (Lipinski definition) is 3. The molecule has 2 N–H and O–H groups in total. The Labute approximate surface area is 106 Å². The van der Waals surface area contributed by atoms with Crippen LogP contribution in [-0.2, 0) is 16.4 Å². The van der Waals surface area contributed by atoms with Gasteiger partial charge in [0, 0.05) is 6.54 Å². The Balaban J connectivity index is 1.96. The third-order valence-electron chi connectivity index (χ3n) is 2.91. The first-order valence-corrected chi connectivity index (χ1v) is 7.35. The van der Waals surface area contributed by atoms with Gasteiger partial charge in [-0.1, -0.05) is 18.2 Å². The first-order valence-electron chi connectivity index (χ1n) is 5.80. The highest BCUT2D eigenvalue weighted by molar-refractivity contribution is 7.90. The normalized spacial score (nSPS) is 15.6. The number of aromatic carboxylic acids is 1. The van der Waals surface area contributed by atoms with E-state index in [-0.39, 0.29) is 17.4 Å². The maximum atomic E-state index is 11.6. The zero-order valence-electron chi connectivity index (χ0n) is 9.80. The Morgan fingerprint density at radius 1 is 1.33 bits per heavy atom. The molecule has 0 atom stereocenters. The fraction of sp³-hybridized carbons (Fsp3) is 0.417. The maximum absolute atomic E-state index is 11.6. The van der Waals surface area contributed by atoms with Gasteiger partial charge in [0.1, 0.15) is 0 Å². The van der Waals surface area contributed by atoms with Gasteiger partial charge in [-0.2, -0.15) is 0 Å². The Morgan fingerprint density at radius 2 is 2.00 bits per heavy atom. The van der Waals surface area contributed by atoms with E-state index in [4.69, 9.17) is 5.11 Å². The minimum absolute atomic E-state index is 0.225. The topological polar surface area (TPSA) is 83.5 Å². The highest BCUT2D eigenvalue weighted by Gasteiger charge is 2.35. The summed E-state index contributed by atoms with van der Waals surface area (Å²) in [6.07, 6.45) is 1.83. The van der Waals surface area contributed by atoms with E-state index in [2.05, 4.69) is 4.72 Å². The summed E-state index contributed by atoms with van der Waals surface area (Å²) in [7, 11) is -3.19. The first kappa shape index (κ1) is 13.0. The summed E-state index contributed by atoms with van der Waals surface area (Å²) in [6, 6.07) is 6.63. The van der Waals surface area contributed by atoms with Gasteiger partial charge in [0.15, 0.2) is 0 Å². The summed E-state index contributed by atoms with van der Waals surface area (Å²) in [5.74, 6) is -0.990. The molecule has 18 heavy (non-hydrogen) atoms. The number of sulfonamides is 1. The van der Waals surface area contributed by atoms with Crippen molar-refractivity contribution in [2.45, 2.75) is 24.5 Å². The summed E-state index contributed by atoms with van der Waals surface area (Å²) < 4.78 is 25.7. The van der Waals surface area contributed by atoms with E-state index in [9.17, 15) is 13.2 Å². The number of carboxylic acids is 1. The number of nitrogens with one attached hydrogen (secondary N) is 1. The largest absolute Gasteiger partial charge is 0.478 e. The van der Waals surface area contributed by atoms with Gasteiger partial charge in [-0.15, -0.1) is 0 Å². The van der Waals surface area contributed by atoms with Gasteiger partial charge in [0.2, 0.25) is 10.0 Å². The molecule has 1 aliphatic rings. The molecule has 0 heterocycles. The molecule has 0 aromatic heterocycles. The monoisotopic (exact) mass is 269 g/mol. The highest BCUT2D eigenvalue weighted by atomic mass is 32.2. The van der Waals surface area contributed by atoms with Crippen molar-refractivity contribution in [1.82, 2.24) is 4.72 Å². The predicted octanol–water partition coefficient (Wildman–Crippen LogP) is 1.01. The van der Waals surface area contributed by atoms with E-state index < -0.39 is 16.0 Å². The average molecular weight is 269 g/mol. The Morgan fingerprint density at radius 3 is 2.61 bits per heavy atom. The molecule has 0 unspecified atom stereocenters. The van der Waals surface area contributed by atoms with Crippen LogP contribution in [0.5, 0.6) is 0 Å². The average Bonchev–Trinajstić information content (AvgIpc) is 3.13. The van der Waals surface area contributed by atoms with E-state index in [1.54, 1.807) is 18.2 Å². The third kappa shape index (κ3) is 3.08. The molecule has 1 aliphatic carbocycles. The molecule has 98 valence electrons. The van der Waals surface area contributed by atoms with Crippen molar-refractivity contribution in [2.24, 2.45) is 0 Å². The van der Waals surface area contributed by atoms with Crippen LogP contribution in [0.4, 0.5) is 0 Å². The van der Waals surface area contributed by atoms with E-state index in [1.165, 1.54) is 6.07 Å². The van der Waals surface area contributed by atoms with Crippen molar-refractivity contribution < 1.29 is 18.3 Å². The Kier molecular flexibility index (Phi) is 3.68. The van der Waals surface area contributed by atoms with Crippen LogP contribution in [0.15, 0.2) is 24.3 Å². The summed E-state index contributed by atoms with van der Waals surface area (Å²) >= 11 is 0. The van der Waals surface area contributed by atoms with Crippen molar-refractivity contribution in [3.63, 3.8) is 0 Å². The third-order valence-corrected chi connectivity index (χ3v) is 4.86. The fourth-order valence-electron chi connectivity index (χ4n) is 1.77. The molecular formula is C12H15NO4S. The number of hydrogen-bond donors (Lipinski definition) is 2. The molecule has 2 rings (SSSR count). The lowest BCUT2D eigenvalue weighted by molar-refractivity contribution is 0.0695. The molecule has 0 amide bonds. The van der Waals surface area contributed by atoms with Crippen molar-refractivity contribution >= 4 is 16.0 Å². The van der Waals surface area contributed by atoms with Gasteiger partial charge >= 0.3 is 5.97 Å². The van der Waals surface area contributed by atoms with Crippen molar-refractivity contribution in [1.29, 1.82) is 0 Å². The summed E-state index contributed by atoms with van der Waals surface area (Å²) in [5.41, 5.74) is 0.867. The lowest BCUT2D eigenvalue weighted by Gasteiger charge is -2.07. The van der Waals surface area contributed by atoms with E-state index in [0.717, 1.165) is 12.8 Å². The fourth-order valence-corrected chi connectivity index (χ4v) is 3.15. The minimum Gasteiger partial charge on any atom is -0.478 e. The second-order valence-corrected chi connectivity index (χ2v) is 6.40. The highest BCUT2D eigenvalue weighted by Crippen LogP contribution is 2.27.